The highest BCUT2D eigenvalue weighted by atomic mass is 16.1. The van der Waals surface area contributed by atoms with Gasteiger partial charge in [-0.05, 0) is 38.8 Å². The fourth-order valence-electron chi connectivity index (χ4n) is 1.75. The average molecular weight is 200 g/mol. The monoisotopic (exact) mass is 200 g/mol. The minimum atomic E-state index is -0.172. The van der Waals surface area contributed by atoms with Crippen LogP contribution in [0.1, 0.15) is 45.4 Å². The van der Waals surface area contributed by atoms with Gasteiger partial charge < -0.3 is 11.1 Å². The van der Waals surface area contributed by atoms with E-state index in [0.29, 0.717) is 6.42 Å². The second kappa shape index (κ2) is 9.00. The molecule has 0 rings (SSSR count). The van der Waals surface area contributed by atoms with Crippen LogP contribution in [0, 0.1) is 5.92 Å². The molecule has 0 heterocycles. The maximum atomic E-state index is 10.6. The van der Waals surface area contributed by atoms with Crippen molar-refractivity contribution in [2.75, 3.05) is 13.6 Å². The van der Waals surface area contributed by atoms with Gasteiger partial charge >= 0.3 is 0 Å². The summed E-state index contributed by atoms with van der Waals surface area (Å²) >= 11 is 0. The van der Waals surface area contributed by atoms with E-state index in [2.05, 4.69) is 12.2 Å². The SMILES string of the molecule is CCCC(CCCC(N)=O)CCNC. The zero-order chi connectivity index (χ0) is 10.8. The highest BCUT2D eigenvalue weighted by molar-refractivity contribution is 5.73. The zero-order valence-electron chi connectivity index (χ0n) is 9.51. The summed E-state index contributed by atoms with van der Waals surface area (Å²) in [6.45, 7) is 3.28. The van der Waals surface area contributed by atoms with E-state index >= 15 is 0 Å². The second-order valence-electron chi connectivity index (χ2n) is 3.91. The minimum absolute atomic E-state index is 0.172. The summed E-state index contributed by atoms with van der Waals surface area (Å²) in [6.07, 6.45) is 6.33. The summed E-state index contributed by atoms with van der Waals surface area (Å²) in [7, 11) is 1.98. The standard InChI is InChI=1S/C11H24N2O/c1-3-5-10(8-9-13-2)6-4-7-11(12)14/h10,13H,3-9H2,1-2H3,(H2,12,14). The quantitative estimate of drug-likeness (QED) is 0.595. The lowest BCUT2D eigenvalue weighted by molar-refractivity contribution is -0.118. The molecule has 14 heavy (non-hydrogen) atoms. The molecule has 0 spiro atoms. The van der Waals surface area contributed by atoms with Crippen LogP contribution >= 0.6 is 0 Å². The van der Waals surface area contributed by atoms with Gasteiger partial charge in [0.2, 0.25) is 5.91 Å². The summed E-state index contributed by atoms with van der Waals surface area (Å²) in [4.78, 5) is 10.6. The van der Waals surface area contributed by atoms with E-state index in [4.69, 9.17) is 5.73 Å². The number of amides is 1. The summed E-state index contributed by atoms with van der Waals surface area (Å²) in [5.74, 6) is 0.584. The number of primary amides is 1. The molecule has 3 heteroatoms. The van der Waals surface area contributed by atoms with Crippen molar-refractivity contribution < 1.29 is 4.79 Å². The zero-order valence-corrected chi connectivity index (χ0v) is 9.51. The molecule has 0 aliphatic carbocycles. The van der Waals surface area contributed by atoms with Crippen LogP contribution in [0.25, 0.3) is 0 Å². The third-order valence-electron chi connectivity index (χ3n) is 2.54. The summed E-state index contributed by atoms with van der Waals surface area (Å²) in [6, 6.07) is 0. The predicted molar refractivity (Wildman–Crippen MR) is 60.0 cm³/mol. The van der Waals surface area contributed by atoms with Crippen LogP contribution < -0.4 is 11.1 Å². The van der Waals surface area contributed by atoms with Crippen molar-refractivity contribution in [3.8, 4) is 0 Å². The molecule has 1 amide bonds. The van der Waals surface area contributed by atoms with Crippen molar-refractivity contribution in [2.45, 2.75) is 45.4 Å². The Hall–Kier alpha value is -0.570. The summed E-state index contributed by atoms with van der Waals surface area (Å²) in [5.41, 5.74) is 5.10. The molecule has 0 fully saturated rings. The molecule has 3 N–H and O–H groups in total. The largest absolute Gasteiger partial charge is 0.370 e. The van der Waals surface area contributed by atoms with Crippen LogP contribution in [-0.4, -0.2) is 19.5 Å². The summed E-state index contributed by atoms with van der Waals surface area (Å²) in [5, 5.41) is 3.16. The molecule has 0 aromatic rings. The van der Waals surface area contributed by atoms with Gasteiger partial charge in [0.25, 0.3) is 0 Å². The Balaban J connectivity index is 3.55. The lowest BCUT2D eigenvalue weighted by Gasteiger charge is -2.15. The van der Waals surface area contributed by atoms with Crippen molar-refractivity contribution in [3.05, 3.63) is 0 Å². The van der Waals surface area contributed by atoms with Crippen LogP contribution in [0.4, 0.5) is 0 Å². The molecule has 0 bridgehead atoms. The maximum Gasteiger partial charge on any atom is 0.217 e. The number of nitrogens with two attached hydrogens (primary N) is 1. The van der Waals surface area contributed by atoms with Gasteiger partial charge in [-0.1, -0.05) is 19.8 Å². The van der Waals surface area contributed by atoms with Crippen LogP contribution in [0.3, 0.4) is 0 Å². The Morgan fingerprint density at radius 1 is 1.36 bits per heavy atom. The smallest absolute Gasteiger partial charge is 0.217 e. The molecular formula is C11H24N2O. The lowest BCUT2D eigenvalue weighted by atomic mass is 9.93. The van der Waals surface area contributed by atoms with Gasteiger partial charge in [-0.15, -0.1) is 0 Å². The molecule has 0 radical (unpaired) electrons. The van der Waals surface area contributed by atoms with Crippen LogP contribution in [0.15, 0.2) is 0 Å². The van der Waals surface area contributed by atoms with E-state index in [1.54, 1.807) is 0 Å². The molecule has 0 aliphatic rings. The third-order valence-corrected chi connectivity index (χ3v) is 2.54. The Morgan fingerprint density at radius 2 is 2.07 bits per heavy atom. The maximum absolute atomic E-state index is 10.6. The lowest BCUT2D eigenvalue weighted by Crippen LogP contribution is -2.15. The topological polar surface area (TPSA) is 55.1 Å². The van der Waals surface area contributed by atoms with E-state index < -0.39 is 0 Å². The van der Waals surface area contributed by atoms with E-state index in [9.17, 15) is 4.79 Å². The molecule has 1 unspecified atom stereocenters. The minimum Gasteiger partial charge on any atom is -0.370 e. The van der Waals surface area contributed by atoms with Crippen molar-refractivity contribution >= 4 is 5.91 Å². The van der Waals surface area contributed by atoms with Crippen LogP contribution in [0.5, 0.6) is 0 Å². The number of hydrogen-bond acceptors (Lipinski definition) is 2. The van der Waals surface area contributed by atoms with E-state index in [1.165, 1.54) is 19.3 Å². The molecule has 0 aromatic heterocycles. The number of rotatable bonds is 9. The number of hydrogen-bond donors (Lipinski definition) is 2. The van der Waals surface area contributed by atoms with Gasteiger partial charge in [0.1, 0.15) is 0 Å². The number of nitrogens with one attached hydrogen (secondary N) is 1. The van der Waals surface area contributed by atoms with E-state index in [0.717, 1.165) is 25.3 Å². The first kappa shape index (κ1) is 13.4. The van der Waals surface area contributed by atoms with Crippen molar-refractivity contribution in [1.82, 2.24) is 5.32 Å². The Kier molecular flexibility index (Phi) is 8.64. The Morgan fingerprint density at radius 3 is 2.57 bits per heavy atom. The van der Waals surface area contributed by atoms with Gasteiger partial charge in [0.15, 0.2) is 0 Å². The molecule has 0 aromatic carbocycles. The number of carbonyl (C=O) groups excluding carboxylic acids is 1. The van der Waals surface area contributed by atoms with Crippen molar-refractivity contribution in [2.24, 2.45) is 11.7 Å². The molecule has 0 saturated carbocycles. The summed E-state index contributed by atoms with van der Waals surface area (Å²) < 4.78 is 0. The molecule has 0 saturated heterocycles. The number of carbonyl (C=O) groups is 1. The van der Waals surface area contributed by atoms with Gasteiger partial charge in [0.05, 0.1) is 0 Å². The fraction of sp³-hybridized carbons (Fsp3) is 0.909. The predicted octanol–water partition coefficient (Wildman–Crippen LogP) is 1.67. The first-order valence-corrected chi connectivity index (χ1v) is 5.63. The highest BCUT2D eigenvalue weighted by Gasteiger charge is 2.07. The van der Waals surface area contributed by atoms with Gasteiger partial charge in [-0.3, -0.25) is 4.79 Å². The van der Waals surface area contributed by atoms with Crippen LogP contribution in [0.2, 0.25) is 0 Å². The average Bonchev–Trinajstić information content (AvgIpc) is 2.13. The van der Waals surface area contributed by atoms with Crippen molar-refractivity contribution in [3.63, 3.8) is 0 Å². The van der Waals surface area contributed by atoms with E-state index in [-0.39, 0.29) is 5.91 Å². The van der Waals surface area contributed by atoms with Gasteiger partial charge in [0, 0.05) is 6.42 Å². The normalized spacial score (nSPS) is 12.7. The second-order valence-corrected chi connectivity index (χ2v) is 3.91. The van der Waals surface area contributed by atoms with E-state index in [1.807, 2.05) is 7.05 Å². The molecular weight excluding hydrogens is 176 g/mol. The first-order chi connectivity index (χ1) is 6.70. The molecule has 1 atom stereocenters. The van der Waals surface area contributed by atoms with Crippen LogP contribution in [-0.2, 0) is 4.79 Å². The van der Waals surface area contributed by atoms with Crippen molar-refractivity contribution in [1.29, 1.82) is 0 Å². The Bertz CT molecular complexity index is 148. The molecule has 84 valence electrons. The third kappa shape index (κ3) is 8.05. The Labute approximate surface area is 87.4 Å². The molecule has 3 nitrogen and oxygen atoms in total. The van der Waals surface area contributed by atoms with Gasteiger partial charge in [-0.25, -0.2) is 0 Å². The highest BCUT2D eigenvalue weighted by Crippen LogP contribution is 2.17. The van der Waals surface area contributed by atoms with Gasteiger partial charge in [-0.2, -0.15) is 0 Å². The fourth-order valence-corrected chi connectivity index (χ4v) is 1.75. The molecule has 0 aliphatic heterocycles. The first-order valence-electron chi connectivity index (χ1n) is 5.63.